The van der Waals surface area contributed by atoms with Crippen LogP contribution in [0, 0.1) is 69.2 Å². The Morgan fingerprint density at radius 2 is 1.03 bits per heavy atom. The summed E-state index contributed by atoms with van der Waals surface area (Å²) in [6.07, 6.45) is 0. The Morgan fingerprint density at radius 3 is 1.48 bits per heavy atom. The average Bonchev–Trinajstić information content (AvgIpc) is 3.24. The first-order chi connectivity index (χ1) is 31.0. The van der Waals surface area contributed by atoms with Gasteiger partial charge in [-0.3, -0.25) is 14.8 Å². The minimum Gasteiger partial charge on any atom is -0.395 e. The fourth-order valence-electron chi connectivity index (χ4n) is 6.81. The molecular weight excluding hydrogens is 848 g/mol. The molecule has 6 aromatic rings. The SMILES string of the molecule is Cc1cc(C)nc(C)c1.Cc1cc(Cl)cc(Cl)c1.Cc1ccc(CN)cc1.Cc1cccc(C)c1C.Cc1cccc(CN(CCO)CCO)c1.Cc1cccc(CN2CCOCC2)c1. The van der Waals surface area contributed by atoms with Crippen LogP contribution in [-0.2, 0) is 24.4 Å². The number of pyridine rings is 1. The van der Waals surface area contributed by atoms with Gasteiger partial charge in [0, 0.05) is 67.2 Å². The lowest BCUT2D eigenvalue weighted by Crippen LogP contribution is -2.35. The lowest BCUT2D eigenvalue weighted by Gasteiger charge is -2.26. The maximum Gasteiger partial charge on any atom is 0.0594 e. The number of hydrogen-bond donors (Lipinski definition) is 3. The molecule has 352 valence electrons. The molecule has 0 radical (unpaired) electrons. The van der Waals surface area contributed by atoms with Crippen molar-refractivity contribution in [3.8, 4) is 0 Å². The van der Waals surface area contributed by atoms with Crippen LogP contribution >= 0.6 is 23.2 Å². The zero-order valence-electron chi connectivity index (χ0n) is 40.8. The van der Waals surface area contributed by atoms with Crippen molar-refractivity contribution in [3.05, 3.63) is 204 Å². The number of halogens is 2. The number of hydrogen-bond acceptors (Lipinski definition) is 7. The highest BCUT2D eigenvalue weighted by molar-refractivity contribution is 6.34. The maximum atomic E-state index is 8.87. The Labute approximate surface area is 402 Å². The molecule has 0 atom stereocenters. The average molecular weight is 924 g/mol. The second kappa shape index (κ2) is 32.3. The van der Waals surface area contributed by atoms with E-state index in [1.54, 1.807) is 6.07 Å². The van der Waals surface area contributed by atoms with Gasteiger partial charge in [-0.1, -0.05) is 131 Å². The largest absolute Gasteiger partial charge is 0.395 e. The summed E-state index contributed by atoms with van der Waals surface area (Å²) in [5, 5.41) is 19.1. The third kappa shape index (κ3) is 25.8. The molecule has 65 heavy (non-hydrogen) atoms. The topological polar surface area (TPSA) is 95.1 Å². The molecule has 4 N–H and O–H groups in total. The molecule has 1 aliphatic heterocycles. The second-order valence-electron chi connectivity index (χ2n) is 16.7. The summed E-state index contributed by atoms with van der Waals surface area (Å²) in [5.41, 5.74) is 21.9. The van der Waals surface area contributed by atoms with Gasteiger partial charge in [-0.05, 0) is 144 Å². The standard InChI is InChI=1S/C12H19NO2.C12H17NO.C9H12.2C8H11N.C7H6Cl2/c1-11-3-2-4-12(9-11)10-13(5-7-14)6-8-15;1-11-3-2-4-12(9-11)10-13-5-7-14-8-6-13;1-7-5-4-6-8(2)9(7)3;1-6-4-7(2)9-8(3)5-6;1-7-2-4-8(6-9)5-3-7;1-5-2-6(8)4-7(9)3-5/h2-4,9,14-15H,5-8,10H2,1H3;2-4,9H,5-8,10H2,1H3;4-6H,1-3H3;4-5H,1-3H3;2-5H,6,9H2,1H3;2-4H,1H3. The summed E-state index contributed by atoms with van der Waals surface area (Å²) in [5.74, 6) is 0. The first-order valence-corrected chi connectivity index (χ1v) is 23.3. The van der Waals surface area contributed by atoms with E-state index in [1.165, 1.54) is 55.6 Å². The first kappa shape index (κ1) is 56.7. The van der Waals surface area contributed by atoms with Crippen LogP contribution < -0.4 is 5.73 Å². The summed E-state index contributed by atoms with van der Waals surface area (Å²) in [6, 6.07) is 41.2. The number of aryl methyl sites for hydroxylation is 9. The molecule has 0 saturated carbocycles. The Bertz CT molecular complexity index is 2050. The molecule has 1 aliphatic rings. The molecule has 0 unspecified atom stereocenters. The van der Waals surface area contributed by atoms with Crippen LogP contribution in [0.5, 0.6) is 0 Å². The van der Waals surface area contributed by atoms with Gasteiger partial charge >= 0.3 is 0 Å². The molecule has 7 rings (SSSR count). The van der Waals surface area contributed by atoms with Crippen molar-refractivity contribution < 1.29 is 14.9 Å². The molecule has 1 fully saturated rings. The van der Waals surface area contributed by atoms with Gasteiger partial charge in [-0.15, -0.1) is 0 Å². The Kier molecular flexibility index (Phi) is 28.2. The third-order valence-corrected chi connectivity index (χ3v) is 10.8. The van der Waals surface area contributed by atoms with E-state index in [0.717, 1.165) is 56.3 Å². The molecule has 9 heteroatoms. The van der Waals surface area contributed by atoms with Crippen LogP contribution in [0.4, 0.5) is 0 Å². The van der Waals surface area contributed by atoms with Gasteiger partial charge in [-0.2, -0.15) is 0 Å². The number of nitrogens with two attached hydrogens (primary N) is 1. The second-order valence-corrected chi connectivity index (χ2v) is 17.5. The fraction of sp³-hybridized carbons (Fsp3) is 0.375. The number of aliphatic hydroxyl groups excluding tert-OH is 2. The van der Waals surface area contributed by atoms with E-state index in [0.29, 0.717) is 29.7 Å². The van der Waals surface area contributed by atoms with Gasteiger partial charge in [0.05, 0.1) is 26.4 Å². The maximum absolute atomic E-state index is 8.87. The van der Waals surface area contributed by atoms with Crippen LogP contribution in [0.15, 0.2) is 121 Å². The normalized spacial score (nSPS) is 11.8. The number of ether oxygens (including phenoxy) is 1. The van der Waals surface area contributed by atoms with E-state index >= 15 is 0 Å². The quantitative estimate of drug-likeness (QED) is 0.133. The van der Waals surface area contributed by atoms with Crippen LogP contribution in [0.1, 0.15) is 72.6 Å². The molecule has 2 heterocycles. The molecule has 1 aromatic heterocycles. The van der Waals surface area contributed by atoms with Crippen LogP contribution in [0.3, 0.4) is 0 Å². The van der Waals surface area contributed by atoms with E-state index in [1.807, 2.05) is 43.9 Å². The summed E-state index contributed by atoms with van der Waals surface area (Å²) < 4.78 is 5.32. The van der Waals surface area contributed by atoms with E-state index in [4.69, 9.17) is 43.9 Å². The van der Waals surface area contributed by atoms with Gasteiger partial charge in [-0.25, -0.2) is 0 Å². The summed E-state index contributed by atoms with van der Waals surface area (Å²) >= 11 is 11.3. The molecule has 0 aliphatic carbocycles. The van der Waals surface area contributed by atoms with Crippen LogP contribution in [0.25, 0.3) is 0 Å². The van der Waals surface area contributed by atoms with Gasteiger partial charge in [0.2, 0.25) is 0 Å². The van der Waals surface area contributed by atoms with Crippen molar-refractivity contribution in [1.82, 2.24) is 14.8 Å². The third-order valence-electron chi connectivity index (χ3n) is 10.4. The number of rotatable bonds is 9. The molecule has 0 amide bonds. The van der Waals surface area contributed by atoms with Crippen molar-refractivity contribution >= 4 is 23.2 Å². The Balaban J connectivity index is 0.000000272. The van der Waals surface area contributed by atoms with E-state index in [9.17, 15) is 0 Å². The summed E-state index contributed by atoms with van der Waals surface area (Å²) in [7, 11) is 0. The van der Waals surface area contributed by atoms with E-state index < -0.39 is 0 Å². The zero-order valence-corrected chi connectivity index (χ0v) is 42.3. The smallest absolute Gasteiger partial charge is 0.0594 e. The van der Waals surface area contributed by atoms with Crippen molar-refractivity contribution in [2.75, 3.05) is 52.6 Å². The molecule has 7 nitrogen and oxygen atoms in total. The van der Waals surface area contributed by atoms with Crippen molar-refractivity contribution in [2.45, 2.75) is 88.9 Å². The minimum atomic E-state index is 0.131. The predicted molar refractivity (Wildman–Crippen MR) is 277 cm³/mol. The van der Waals surface area contributed by atoms with Gasteiger partial charge in [0.15, 0.2) is 0 Å². The monoisotopic (exact) mass is 923 g/mol. The van der Waals surface area contributed by atoms with Crippen molar-refractivity contribution in [3.63, 3.8) is 0 Å². The minimum absolute atomic E-state index is 0.131. The molecule has 1 saturated heterocycles. The number of benzene rings is 5. The van der Waals surface area contributed by atoms with Gasteiger partial charge < -0.3 is 20.7 Å². The van der Waals surface area contributed by atoms with Crippen molar-refractivity contribution in [2.24, 2.45) is 5.73 Å². The van der Waals surface area contributed by atoms with Gasteiger partial charge in [0.25, 0.3) is 0 Å². The first-order valence-electron chi connectivity index (χ1n) is 22.5. The van der Waals surface area contributed by atoms with E-state index in [-0.39, 0.29) is 13.2 Å². The lowest BCUT2D eigenvalue weighted by atomic mass is 10.1. The number of nitrogens with zero attached hydrogens (tertiary/aromatic N) is 3. The van der Waals surface area contributed by atoms with Crippen molar-refractivity contribution in [1.29, 1.82) is 0 Å². The molecule has 0 spiro atoms. The zero-order chi connectivity index (χ0) is 48.1. The van der Waals surface area contributed by atoms with Gasteiger partial charge in [0.1, 0.15) is 0 Å². The number of aromatic nitrogens is 1. The fourth-order valence-corrected chi connectivity index (χ4v) is 7.44. The number of aliphatic hydroxyl groups is 2. The van der Waals surface area contributed by atoms with Crippen LogP contribution in [0.2, 0.25) is 10.0 Å². The molecule has 0 bridgehead atoms. The highest BCUT2D eigenvalue weighted by Gasteiger charge is 2.10. The number of morpholine rings is 1. The van der Waals surface area contributed by atoms with E-state index in [2.05, 4.69) is 155 Å². The Morgan fingerprint density at radius 1 is 0.554 bits per heavy atom. The van der Waals surface area contributed by atoms with Crippen LogP contribution in [-0.4, -0.2) is 77.6 Å². The predicted octanol–water partition coefficient (Wildman–Crippen LogP) is 12.0. The Hall–Kier alpha value is -4.41. The highest BCUT2D eigenvalue weighted by Crippen LogP contribution is 2.18. The molecule has 5 aromatic carbocycles. The highest BCUT2D eigenvalue weighted by atomic mass is 35.5. The lowest BCUT2D eigenvalue weighted by molar-refractivity contribution is 0.0342. The molecular formula is C56H76Cl2N4O3. The summed E-state index contributed by atoms with van der Waals surface area (Å²) in [4.78, 5) is 8.71. The summed E-state index contributed by atoms with van der Waals surface area (Å²) in [6.45, 7) is 28.6.